The molecule has 1 heterocycles. The van der Waals surface area contributed by atoms with Gasteiger partial charge in [0.1, 0.15) is 0 Å². The van der Waals surface area contributed by atoms with Gasteiger partial charge < -0.3 is 11.5 Å². The highest BCUT2D eigenvalue weighted by atomic mass is 16.8. The first-order valence-electron chi connectivity index (χ1n) is 4.94. The summed E-state index contributed by atoms with van der Waals surface area (Å²) < 4.78 is 0. The molecule has 1 aromatic rings. The Kier molecular flexibility index (Phi) is 3.31. The quantitative estimate of drug-likeness (QED) is 0.531. The maximum Gasteiger partial charge on any atom is 0.196 e. The zero-order valence-corrected chi connectivity index (χ0v) is 9.01. The topological polar surface area (TPSA) is 107 Å². The van der Waals surface area contributed by atoms with Crippen molar-refractivity contribution in [1.82, 2.24) is 11.0 Å². The molecule has 7 heteroatoms. The van der Waals surface area contributed by atoms with Crippen molar-refractivity contribution in [2.45, 2.75) is 6.61 Å². The smallest absolute Gasteiger partial charge is 0.196 e. The van der Waals surface area contributed by atoms with Crippen molar-refractivity contribution in [2.75, 3.05) is 0 Å². The molecule has 1 aliphatic heterocycles. The van der Waals surface area contributed by atoms with Crippen LogP contribution >= 0.6 is 0 Å². The zero-order chi connectivity index (χ0) is 12.1. The maximum atomic E-state index is 5.67. The van der Waals surface area contributed by atoms with Gasteiger partial charge >= 0.3 is 0 Å². The Morgan fingerprint density at radius 2 is 2.18 bits per heavy atom. The second kappa shape index (κ2) is 5.08. The SMILES string of the molecule is NC1=NONC1=C(N)NOCc1ccccc1. The van der Waals surface area contributed by atoms with Crippen molar-refractivity contribution in [3.8, 4) is 0 Å². The summed E-state index contributed by atoms with van der Waals surface area (Å²) in [5, 5.41) is 3.45. The number of oxime groups is 1. The van der Waals surface area contributed by atoms with Crippen molar-refractivity contribution in [1.29, 1.82) is 0 Å². The van der Waals surface area contributed by atoms with Crippen LogP contribution in [0.3, 0.4) is 0 Å². The van der Waals surface area contributed by atoms with E-state index in [1.165, 1.54) is 0 Å². The van der Waals surface area contributed by atoms with E-state index in [1.54, 1.807) is 0 Å². The number of nitrogens with two attached hydrogens (primary N) is 2. The molecule has 90 valence electrons. The van der Waals surface area contributed by atoms with Crippen LogP contribution in [0.5, 0.6) is 0 Å². The van der Waals surface area contributed by atoms with E-state index in [2.05, 4.69) is 21.1 Å². The van der Waals surface area contributed by atoms with Crippen molar-refractivity contribution in [3.05, 3.63) is 47.4 Å². The summed E-state index contributed by atoms with van der Waals surface area (Å²) in [6.45, 7) is 0.382. The second-order valence-electron chi connectivity index (χ2n) is 3.33. The fraction of sp³-hybridized carbons (Fsp3) is 0.100. The number of hydrogen-bond donors (Lipinski definition) is 4. The fourth-order valence-corrected chi connectivity index (χ4v) is 1.23. The van der Waals surface area contributed by atoms with Gasteiger partial charge in [-0.1, -0.05) is 30.3 Å². The Labute approximate surface area is 98.0 Å². The molecule has 0 aromatic heterocycles. The molecule has 0 amide bonds. The summed E-state index contributed by atoms with van der Waals surface area (Å²) in [6, 6.07) is 9.68. The molecule has 0 unspecified atom stereocenters. The van der Waals surface area contributed by atoms with Crippen LogP contribution in [0, 0.1) is 0 Å². The lowest BCUT2D eigenvalue weighted by atomic mass is 10.2. The summed E-state index contributed by atoms with van der Waals surface area (Å²) in [5.74, 6) is 0.373. The molecular weight excluding hydrogens is 222 g/mol. The molecule has 0 aliphatic carbocycles. The predicted octanol–water partition coefficient (Wildman–Crippen LogP) is -0.357. The van der Waals surface area contributed by atoms with Gasteiger partial charge in [0.25, 0.3) is 0 Å². The van der Waals surface area contributed by atoms with E-state index < -0.39 is 0 Å². The second-order valence-corrected chi connectivity index (χ2v) is 3.33. The molecule has 0 fully saturated rings. The molecule has 2 rings (SSSR count). The molecule has 6 N–H and O–H groups in total. The van der Waals surface area contributed by atoms with Crippen LogP contribution in [-0.4, -0.2) is 5.84 Å². The standard InChI is InChI=1S/C10H13N5O2/c11-9(8-10(12)15-17-13-8)14-16-6-7-4-2-1-3-5-7/h1-5,13-14H,6,11H2,(H2,12,15). The lowest BCUT2D eigenvalue weighted by molar-refractivity contribution is 0.0441. The van der Waals surface area contributed by atoms with Gasteiger partial charge in [0.2, 0.25) is 0 Å². The Morgan fingerprint density at radius 1 is 1.41 bits per heavy atom. The zero-order valence-electron chi connectivity index (χ0n) is 9.01. The predicted molar refractivity (Wildman–Crippen MR) is 61.4 cm³/mol. The van der Waals surface area contributed by atoms with Crippen LogP contribution in [0.2, 0.25) is 0 Å². The van der Waals surface area contributed by atoms with Gasteiger partial charge in [-0.25, -0.2) is 5.48 Å². The molecule has 0 saturated heterocycles. The Morgan fingerprint density at radius 3 is 2.82 bits per heavy atom. The average Bonchev–Trinajstić information content (AvgIpc) is 2.77. The van der Waals surface area contributed by atoms with Gasteiger partial charge in [0.15, 0.2) is 17.4 Å². The highest BCUT2D eigenvalue weighted by molar-refractivity contribution is 5.97. The molecule has 0 saturated carbocycles. The van der Waals surface area contributed by atoms with E-state index in [-0.39, 0.29) is 11.7 Å². The van der Waals surface area contributed by atoms with Gasteiger partial charge in [-0.15, -0.1) is 0 Å². The summed E-state index contributed by atoms with van der Waals surface area (Å²) in [6.07, 6.45) is 0. The lowest BCUT2D eigenvalue weighted by Crippen LogP contribution is -2.30. The van der Waals surface area contributed by atoms with Crippen LogP contribution in [-0.2, 0) is 16.4 Å². The molecule has 0 atom stereocenters. The lowest BCUT2D eigenvalue weighted by Gasteiger charge is -2.08. The van der Waals surface area contributed by atoms with Crippen LogP contribution in [0.4, 0.5) is 0 Å². The molecule has 1 aromatic carbocycles. The molecular formula is C10H13N5O2. The number of nitrogens with zero attached hydrogens (tertiary/aromatic N) is 1. The van der Waals surface area contributed by atoms with E-state index in [0.29, 0.717) is 12.3 Å². The fourth-order valence-electron chi connectivity index (χ4n) is 1.23. The van der Waals surface area contributed by atoms with E-state index >= 15 is 0 Å². The third-order valence-electron chi connectivity index (χ3n) is 2.08. The number of nitrogens with one attached hydrogen (secondary N) is 2. The summed E-state index contributed by atoms with van der Waals surface area (Å²) in [5.41, 5.74) is 17.5. The first-order chi connectivity index (χ1) is 8.27. The Balaban J connectivity index is 1.85. The normalized spacial score (nSPS) is 16.8. The Bertz CT molecular complexity index is 443. The monoisotopic (exact) mass is 235 g/mol. The van der Waals surface area contributed by atoms with Gasteiger partial charge in [0.05, 0.1) is 6.61 Å². The van der Waals surface area contributed by atoms with Crippen LogP contribution in [0.15, 0.2) is 47.0 Å². The number of hydrogen-bond acceptors (Lipinski definition) is 7. The van der Waals surface area contributed by atoms with Crippen LogP contribution in [0.1, 0.15) is 5.56 Å². The van der Waals surface area contributed by atoms with E-state index in [9.17, 15) is 0 Å². The van der Waals surface area contributed by atoms with Crippen molar-refractivity contribution in [3.63, 3.8) is 0 Å². The van der Waals surface area contributed by atoms with Crippen LogP contribution in [0.25, 0.3) is 0 Å². The van der Waals surface area contributed by atoms with E-state index in [4.69, 9.17) is 16.3 Å². The van der Waals surface area contributed by atoms with Gasteiger partial charge in [0, 0.05) is 0 Å². The summed E-state index contributed by atoms with van der Waals surface area (Å²) in [4.78, 5) is 9.74. The largest absolute Gasteiger partial charge is 0.382 e. The molecule has 1 aliphatic rings. The average molecular weight is 235 g/mol. The molecule has 7 nitrogen and oxygen atoms in total. The van der Waals surface area contributed by atoms with Gasteiger partial charge in [-0.05, 0) is 10.7 Å². The first kappa shape index (κ1) is 11.1. The minimum atomic E-state index is 0.165. The Hall–Kier alpha value is -2.41. The van der Waals surface area contributed by atoms with Gasteiger partial charge in [-0.3, -0.25) is 9.78 Å². The van der Waals surface area contributed by atoms with Gasteiger partial charge in [-0.2, -0.15) is 5.48 Å². The number of hydroxylamine groups is 2. The number of amidine groups is 1. The number of rotatable bonds is 4. The highest BCUT2D eigenvalue weighted by Crippen LogP contribution is 2.02. The van der Waals surface area contributed by atoms with Crippen molar-refractivity contribution >= 4 is 5.84 Å². The molecule has 0 bridgehead atoms. The van der Waals surface area contributed by atoms with E-state index in [0.717, 1.165) is 5.56 Å². The molecule has 17 heavy (non-hydrogen) atoms. The summed E-state index contributed by atoms with van der Waals surface area (Å²) in [7, 11) is 0. The van der Waals surface area contributed by atoms with Crippen molar-refractivity contribution in [2.24, 2.45) is 16.6 Å². The van der Waals surface area contributed by atoms with Crippen LogP contribution < -0.4 is 22.4 Å². The third kappa shape index (κ3) is 2.79. The minimum Gasteiger partial charge on any atom is -0.382 e. The summed E-state index contributed by atoms with van der Waals surface area (Å²) >= 11 is 0. The van der Waals surface area contributed by atoms with Crippen molar-refractivity contribution < 1.29 is 9.78 Å². The third-order valence-corrected chi connectivity index (χ3v) is 2.08. The first-order valence-corrected chi connectivity index (χ1v) is 4.94. The number of benzene rings is 1. The minimum absolute atomic E-state index is 0.165. The highest BCUT2D eigenvalue weighted by Gasteiger charge is 2.15. The molecule has 0 radical (unpaired) electrons. The molecule has 0 spiro atoms. The maximum absolute atomic E-state index is 5.67. The van der Waals surface area contributed by atoms with E-state index in [1.807, 2.05) is 30.3 Å².